The van der Waals surface area contributed by atoms with Gasteiger partial charge in [0.25, 0.3) is 0 Å². The zero-order valence-corrected chi connectivity index (χ0v) is 56.9. The summed E-state index contributed by atoms with van der Waals surface area (Å²) in [4.78, 5) is 0. The van der Waals surface area contributed by atoms with Crippen LogP contribution >= 0.6 is 47.5 Å². The lowest BCUT2D eigenvalue weighted by molar-refractivity contribution is 0.484. The SMILES string of the molecule is C1CCC(P(CCP(C2CCCCC2)C2CCCCC2)CCP(C2CCCCC2)C2CCCCC2)CC1.CCCCCCP(CCCCCC)CCP(CCCCCC)CCP(CCCCCC)CCCCCC. The Morgan fingerprint density at radius 3 is 0.649 bits per heavy atom. The predicted octanol–water partition coefficient (Wildman–Crippen LogP) is 25.4. The number of unbranched alkanes of at least 4 members (excludes halogenated alkanes) is 15. The summed E-state index contributed by atoms with van der Waals surface area (Å²) in [5.41, 5.74) is 5.88. The zero-order chi connectivity index (χ0) is 52.4. The lowest BCUT2D eigenvalue weighted by Gasteiger charge is -2.42. The van der Waals surface area contributed by atoms with E-state index in [0.29, 0.717) is 47.5 Å². The molecule has 0 aromatic rings. The Kier molecular flexibility index (Phi) is 44.8. The van der Waals surface area contributed by atoms with E-state index < -0.39 is 0 Å². The van der Waals surface area contributed by atoms with Crippen molar-refractivity contribution < 1.29 is 0 Å². The van der Waals surface area contributed by atoms with Gasteiger partial charge in [0, 0.05) is 0 Å². The van der Waals surface area contributed by atoms with Crippen molar-refractivity contribution >= 4 is 47.5 Å². The van der Waals surface area contributed by atoms with E-state index in [-0.39, 0.29) is 0 Å². The average Bonchev–Trinajstić information content (AvgIpc) is 3.45. The molecule has 0 amide bonds. The first-order valence-corrected chi connectivity index (χ1v) is 45.8. The molecule has 0 aromatic carbocycles. The van der Waals surface area contributed by atoms with Gasteiger partial charge in [-0.3, -0.25) is 0 Å². The van der Waals surface area contributed by atoms with Crippen LogP contribution in [0.1, 0.15) is 324 Å². The summed E-state index contributed by atoms with van der Waals surface area (Å²) in [7, 11) is 1.89. The van der Waals surface area contributed by atoms with Gasteiger partial charge >= 0.3 is 0 Å². The van der Waals surface area contributed by atoms with Crippen LogP contribution in [0, 0.1) is 0 Å². The molecule has 0 bridgehead atoms. The molecule has 6 heteroatoms. The van der Waals surface area contributed by atoms with Crippen LogP contribution in [-0.4, -0.2) is 108 Å². The first-order valence-electron chi connectivity index (χ1n) is 35.0. The van der Waals surface area contributed by atoms with Gasteiger partial charge in [0.2, 0.25) is 0 Å². The van der Waals surface area contributed by atoms with Crippen molar-refractivity contribution in [1.82, 2.24) is 0 Å². The standard InChI is InChI=1S/C34H63P3.C34H73P3/c1-6-16-30(17-7-1)35(26-28-36(31-18-8-2-9-19-31)32-20-10-3-11-21-32)27-29-37(33-22-12-4-13-23-33)34-24-14-5-15-25-34;1-6-11-16-21-26-35(27-22-17-12-7-2)31-33-37(30-25-20-15-10-5)34-32-36(28-23-18-13-8-3)29-24-19-14-9-4/h30-34H,1-29H2;6-34H2,1-5H3. The van der Waals surface area contributed by atoms with Gasteiger partial charge in [-0.05, 0) is 205 Å². The Hall–Kier alpha value is 2.58. The monoisotopic (exact) mass is 1140 g/mol. The highest BCUT2D eigenvalue weighted by Gasteiger charge is 2.35. The molecule has 0 spiro atoms. The van der Waals surface area contributed by atoms with Gasteiger partial charge in [-0.1, -0.05) is 243 Å². The van der Waals surface area contributed by atoms with E-state index in [1.54, 1.807) is 241 Å². The van der Waals surface area contributed by atoms with Crippen molar-refractivity contribution in [3.63, 3.8) is 0 Å². The third kappa shape index (κ3) is 31.9. The molecular weight excluding hydrogens is 1000 g/mol. The highest BCUT2D eigenvalue weighted by molar-refractivity contribution is 7.65. The smallest absolute Gasteiger partial charge is 0.0207 e. The molecule has 5 rings (SSSR count). The maximum absolute atomic E-state index is 2.37. The zero-order valence-electron chi connectivity index (χ0n) is 51.6. The second kappa shape index (κ2) is 48.0. The molecule has 5 aliphatic rings. The Morgan fingerprint density at radius 2 is 0.419 bits per heavy atom. The van der Waals surface area contributed by atoms with Crippen LogP contribution in [-0.2, 0) is 0 Å². The summed E-state index contributed by atoms with van der Waals surface area (Å²) in [6, 6.07) is 0. The van der Waals surface area contributed by atoms with Crippen molar-refractivity contribution in [2.45, 2.75) is 352 Å². The van der Waals surface area contributed by atoms with E-state index in [4.69, 9.17) is 0 Å². The van der Waals surface area contributed by atoms with Crippen LogP contribution < -0.4 is 0 Å². The van der Waals surface area contributed by atoms with E-state index in [2.05, 4.69) is 34.6 Å². The van der Waals surface area contributed by atoms with E-state index >= 15 is 0 Å². The Bertz CT molecular complexity index is 1050. The van der Waals surface area contributed by atoms with E-state index in [1.165, 1.54) is 157 Å². The molecule has 438 valence electrons. The largest absolute Gasteiger partial charge is 0.106 e. The molecule has 0 aliphatic heterocycles. The van der Waals surface area contributed by atoms with Gasteiger partial charge < -0.3 is 0 Å². The molecule has 0 unspecified atom stereocenters. The van der Waals surface area contributed by atoms with Crippen LogP contribution in [0.25, 0.3) is 0 Å². The third-order valence-corrected chi connectivity index (χ3v) is 39.7. The van der Waals surface area contributed by atoms with Crippen molar-refractivity contribution in [2.24, 2.45) is 0 Å². The quantitative estimate of drug-likeness (QED) is 0.0422. The topological polar surface area (TPSA) is 0 Å². The summed E-state index contributed by atoms with van der Waals surface area (Å²) >= 11 is 0. The van der Waals surface area contributed by atoms with Gasteiger partial charge in [0.1, 0.15) is 0 Å². The Morgan fingerprint density at radius 1 is 0.203 bits per heavy atom. The fourth-order valence-corrected chi connectivity index (χ4v) is 37.4. The van der Waals surface area contributed by atoms with Gasteiger partial charge in [0.15, 0.2) is 0 Å². The Labute approximate surface area is 476 Å². The summed E-state index contributed by atoms with van der Waals surface area (Å²) < 4.78 is 0. The minimum absolute atomic E-state index is 0.303. The van der Waals surface area contributed by atoms with E-state index in [1.807, 2.05) is 0 Å². The first-order chi connectivity index (χ1) is 36.6. The van der Waals surface area contributed by atoms with Crippen molar-refractivity contribution in [2.75, 3.05) is 80.1 Å². The highest BCUT2D eigenvalue weighted by Crippen LogP contribution is 2.62. The molecule has 5 fully saturated rings. The molecule has 5 saturated carbocycles. The minimum atomic E-state index is 0.303. The molecule has 0 saturated heterocycles. The predicted molar refractivity (Wildman–Crippen MR) is 360 cm³/mol. The molecule has 74 heavy (non-hydrogen) atoms. The van der Waals surface area contributed by atoms with Crippen LogP contribution in [0.5, 0.6) is 0 Å². The first kappa shape index (κ1) is 69.1. The fourth-order valence-electron chi connectivity index (χ4n) is 14.8. The highest BCUT2D eigenvalue weighted by atomic mass is 31.1. The van der Waals surface area contributed by atoms with E-state index in [0.717, 1.165) is 0 Å². The molecule has 0 heterocycles. The van der Waals surface area contributed by atoms with Crippen LogP contribution in [0.2, 0.25) is 0 Å². The summed E-state index contributed by atoms with van der Waals surface area (Å²) in [5, 5.41) is 0. The molecule has 5 aliphatic carbocycles. The molecular formula is C68H136P6. The van der Waals surface area contributed by atoms with Gasteiger partial charge in [0.05, 0.1) is 0 Å². The summed E-state index contributed by atoms with van der Waals surface area (Å²) in [6.45, 7) is 11.8. The van der Waals surface area contributed by atoms with Gasteiger partial charge in [-0.15, -0.1) is 31.7 Å². The maximum Gasteiger partial charge on any atom is -0.0207 e. The maximum atomic E-state index is 2.37. The number of hydrogen-bond acceptors (Lipinski definition) is 0. The molecule has 0 nitrogen and oxygen atoms in total. The summed E-state index contributed by atoms with van der Waals surface area (Å²) in [6.07, 6.45) is 90.5. The number of hydrogen-bond donors (Lipinski definition) is 0. The second-order valence-electron chi connectivity index (χ2n) is 25.8. The normalized spacial score (nSPS) is 19.5. The third-order valence-electron chi connectivity index (χ3n) is 19.7. The lowest BCUT2D eigenvalue weighted by atomic mass is 9.99. The molecule has 0 aromatic heterocycles. The van der Waals surface area contributed by atoms with Crippen LogP contribution in [0.3, 0.4) is 0 Å². The summed E-state index contributed by atoms with van der Waals surface area (Å²) in [5.74, 6) is 0. The number of rotatable bonds is 42. The van der Waals surface area contributed by atoms with Gasteiger partial charge in [-0.25, -0.2) is 0 Å². The van der Waals surface area contributed by atoms with Crippen molar-refractivity contribution in [3.05, 3.63) is 0 Å². The van der Waals surface area contributed by atoms with Crippen molar-refractivity contribution in [3.8, 4) is 0 Å². The molecule has 0 radical (unpaired) electrons. The lowest BCUT2D eigenvalue weighted by Crippen LogP contribution is -2.25. The van der Waals surface area contributed by atoms with Crippen LogP contribution in [0.15, 0.2) is 0 Å². The van der Waals surface area contributed by atoms with E-state index in [9.17, 15) is 0 Å². The Balaban J connectivity index is 0.000000320. The second-order valence-corrected chi connectivity index (χ2v) is 42.5. The van der Waals surface area contributed by atoms with Gasteiger partial charge in [-0.2, -0.15) is 0 Å². The van der Waals surface area contributed by atoms with Crippen LogP contribution in [0.4, 0.5) is 0 Å². The fraction of sp³-hybridized carbons (Fsp3) is 1.00. The molecule has 0 atom stereocenters. The average molecular weight is 1140 g/mol. The van der Waals surface area contributed by atoms with Crippen molar-refractivity contribution in [1.29, 1.82) is 0 Å². The molecule has 0 N–H and O–H groups in total. The minimum Gasteiger partial charge on any atom is -0.106 e.